The Kier molecular flexibility index (Phi) is 5.03. The Morgan fingerprint density at radius 3 is 2.70 bits per heavy atom. The monoisotopic (exact) mass is 312 g/mol. The average Bonchev–Trinajstić information content (AvgIpc) is 2.89. The van der Waals surface area contributed by atoms with Gasteiger partial charge >= 0.3 is 5.97 Å². The van der Waals surface area contributed by atoms with E-state index in [1.54, 1.807) is 24.3 Å². The van der Waals surface area contributed by atoms with Gasteiger partial charge in [-0.05, 0) is 30.7 Å². The van der Waals surface area contributed by atoms with Gasteiger partial charge in [-0.1, -0.05) is 18.5 Å². The molecule has 2 aromatic rings. The van der Waals surface area contributed by atoms with Gasteiger partial charge in [-0.2, -0.15) is 0 Å². The Morgan fingerprint density at radius 2 is 2.10 bits per heavy atom. The quantitative estimate of drug-likeness (QED) is 0.880. The lowest BCUT2D eigenvalue weighted by atomic mass is 10.2. The van der Waals surface area contributed by atoms with Gasteiger partial charge in [-0.25, -0.2) is 0 Å². The number of nitrogens with zero attached hydrogens (tertiary/aromatic N) is 2. The van der Waals surface area contributed by atoms with E-state index in [4.69, 9.17) is 21.1 Å². The number of carbonyl (C=O) groups is 1. The number of carboxylic acid groups (broad SMARTS) is 1. The second-order valence-electron chi connectivity index (χ2n) is 4.05. The third kappa shape index (κ3) is 3.74. The number of aliphatic carboxylic acids is 1. The molecule has 106 valence electrons. The van der Waals surface area contributed by atoms with Crippen molar-refractivity contribution in [3.05, 3.63) is 35.2 Å². The lowest BCUT2D eigenvalue weighted by Crippen LogP contribution is -2.15. The molecule has 0 saturated carbocycles. The molecule has 20 heavy (non-hydrogen) atoms. The zero-order chi connectivity index (χ0) is 14.5. The van der Waals surface area contributed by atoms with E-state index in [-0.39, 0.29) is 0 Å². The summed E-state index contributed by atoms with van der Waals surface area (Å²) in [5.41, 5.74) is 0.781. The lowest BCUT2D eigenvalue weighted by Gasteiger charge is -2.06. The van der Waals surface area contributed by atoms with Gasteiger partial charge in [0.15, 0.2) is 0 Å². The number of hydrogen-bond acceptors (Lipinski definition) is 5. The summed E-state index contributed by atoms with van der Waals surface area (Å²) in [7, 11) is 0. The zero-order valence-corrected chi connectivity index (χ0v) is 12.3. The first-order chi connectivity index (χ1) is 9.60. The second kappa shape index (κ2) is 6.76. The van der Waals surface area contributed by atoms with Gasteiger partial charge in [0.1, 0.15) is 5.25 Å². The first-order valence-corrected chi connectivity index (χ1v) is 7.45. The second-order valence-corrected chi connectivity index (χ2v) is 5.68. The van der Waals surface area contributed by atoms with Crippen LogP contribution in [0, 0.1) is 0 Å². The smallest absolute Gasteiger partial charge is 0.316 e. The zero-order valence-electron chi connectivity index (χ0n) is 10.7. The van der Waals surface area contributed by atoms with Crippen molar-refractivity contribution < 1.29 is 14.3 Å². The first-order valence-electron chi connectivity index (χ1n) is 6.03. The highest BCUT2D eigenvalue weighted by molar-refractivity contribution is 7.99. The molecule has 1 atom stereocenters. The van der Waals surface area contributed by atoms with Crippen molar-refractivity contribution in [2.24, 2.45) is 0 Å². The van der Waals surface area contributed by atoms with E-state index in [1.165, 1.54) is 11.8 Å². The minimum atomic E-state index is -0.824. The summed E-state index contributed by atoms with van der Waals surface area (Å²) < 4.78 is 5.51. The first kappa shape index (κ1) is 14.9. The predicted octanol–water partition coefficient (Wildman–Crippen LogP) is 3.49. The molecular weight excluding hydrogens is 300 g/mol. The highest BCUT2D eigenvalue weighted by Crippen LogP contribution is 2.24. The van der Waals surface area contributed by atoms with Crippen molar-refractivity contribution in [3.8, 4) is 11.5 Å². The molecule has 0 aliphatic rings. The number of hydrogen-bond donors (Lipinski definition) is 1. The van der Waals surface area contributed by atoms with Crippen LogP contribution in [0.1, 0.15) is 19.2 Å². The van der Waals surface area contributed by atoms with E-state index < -0.39 is 11.2 Å². The summed E-state index contributed by atoms with van der Waals surface area (Å²) in [6.07, 6.45) is 0.554. The van der Waals surface area contributed by atoms with Crippen molar-refractivity contribution >= 4 is 29.3 Å². The van der Waals surface area contributed by atoms with Gasteiger partial charge < -0.3 is 9.52 Å². The molecule has 0 radical (unpaired) electrons. The average molecular weight is 313 g/mol. The molecule has 1 heterocycles. The van der Waals surface area contributed by atoms with Crippen molar-refractivity contribution in [3.63, 3.8) is 0 Å². The molecule has 0 fully saturated rings. The van der Waals surface area contributed by atoms with Crippen LogP contribution in [0.4, 0.5) is 0 Å². The van der Waals surface area contributed by atoms with E-state index in [9.17, 15) is 4.79 Å². The molecule has 1 aromatic heterocycles. The summed E-state index contributed by atoms with van der Waals surface area (Å²) in [6, 6.07) is 7.07. The van der Waals surface area contributed by atoms with Gasteiger partial charge in [0, 0.05) is 10.6 Å². The maximum absolute atomic E-state index is 10.9. The molecule has 1 unspecified atom stereocenters. The van der Waals surface area contributed by atoms with Crippen LogP contribution >= 0.6 is 23.4 Å². The van der Waals surface area contributed by atoms with Crippen LogP contribution in [0.2, 0.25) is 5.02 Å². The molecule has 2 rings (SSSR count). The summed E-state index contributed by atoms with van der Waals surface area (Å²) >= 11 is 7.09. The highest BCUT2D eigenvalue weighted by Gasteiger charge is 2.17. The van der Waals surface area contributed by atoms with Crippen LogP contribution in [0.5, 0.6) is 0 Å². The van der Waals surface area contributed by atoms with Gasteiger partial charge in [0.25, 0.3) is 0 Å². The van der Waals surface area contributed by atoms with Crippen LogP contribution in [0.3, 0.4) is 0 Å². The molecule has 1 N–H and O–H groups in total. The van der Waals surface area contributed by atoms with Crippen molar-refractivity contribution in [2.75, 3.05) is 0 Å². The van der Waals surface area contributed by atoms with Crippen LogP contribution in [-0.4, -0.2) is 26.5 Å². The van der Waals surface area contributed by atoms with E-state index >= 15 is 0 Å². The largest absolute Gasteiger partial charge is 0.480 e. The number of aromatic nitrogens is 2. The fourth-order valence-corrected chi connectivity index (χ4v) is 2.52. The van der Waals surface area contributed by atoms with Gasteiger partial charge in [0.2, 0.25) is 11.8 Å². The molecule has 0 saturated heterocycles. The number of halogens is 1. The Balaban J connectivity index is 2.02. The highest BCUT2D eigenvalue weighted by atomic mass is 35.5. The molecule has 5 nitrogen and oxygen atoms in total. The van der Waals surface area contributed by atoms with Gasteiger partial charge in [-0.15, -0.1) is 22.0 Å². The topological polar surface area (TPSA) is 76.2 Å². The third-order valence-corrected chi connectivity index (χ3v) is 4.22. The molecular formula is C13H13ClN2O3S. The van der Waals surface area contributed by atoms with Crippen molar-refractivity contribution in [1.82, 2.24) is 10.2 Å². The van der Waals surface area contributed by atoms with E-state index in [0.29, 0.717) is 29.0 Å². The third-order valence-electron chi connectivity index (χ3n) is 2.61. The number of rotatable bonds is 6. The van der Waals surface area contributed by atoms with Crippen LogP contribution < -0.4 is 0 Å². The summed E-state index contributed by atoms with van der Waals surface area (Å²) in [5.74, 6) is 0.376. The molecule has 1 aromatic carbocycles. The number of benzene rings is 1. The maximum Gasteiger partial charge on any atom is 0.316 e. The number of thioether (sulfide) groups is 1. The minimum Gasteiger partial charge on any atom is -0.480 e. The van der Waals surface area contributed by atoms with E-state index in [2.05, 4.69) is 10.2 Å². The predicted molar refractivity (Wildman–Crippen MR) is 77.8 cm³/mol. The Morgan fingerprint density at radius 1 is 1.40 bits per heavy atom. The summed E-state index contributed by atoms with van der Waals surface area (Å²) in [4.78, 5) is 10.9. The van der Waals surface area contributed by atoms with Gasteiger partial charge in [0.05, 0.1) is 5.75 Å². The maximum atomic E-state index is 10.9. The fraction of sp³-hybridized carbons (Fsp3) is 0.308. The van der Waals surface area contributed by atoms with Crippen molar-refractivity contribution in [1.29, 1.82) is 0 Å². The summed E-state index contributed by atoms with van der Waals surface area (Å²) in [6.45, 7) is 1.83. The van der Waals surface area contributed by atoms with Gasteiger partial charge in [-0.3, -0.25) is 4.79 Å². The molecule has 0 spiro atoms. The summed E-state index contributed by atoms with van der Waals surface area (Å²) in [5, 5.41) is 17.0. The lowest BCUT2D eigenvalue weighted by molar-refractivity contribution is -0.136. The van der Waals surface area contributed by atoms with E-state index in [0.717, 1.165) is 5.56 Å². The van der Waals surface area contributed by atoms with Crippen LogP contribution in [0.25, 0.3) is 11.5 Å². The molecule has 0 aliphatic carbocycles. The number of carboxylic acids is 1. The van der Waals surface area contributed by atoms with Crippen LogP contribution in [0.15, 0.2) is 28.7 Å². The van der Waals surface area contributed by atoms with E-state index in [1.807, 2.05) is 6.92 Å². The standard InChI is InChI=1S/C13H13ClN2O3S/c1-2-10(13(17)18)20-7-11-15-16-12(19-11)8-3-5-9(14)6-4-8/h3-6,10H,2,7H2,1H3,(H,17,18). The fourth-order valence-electron chi connectivity index (χ4n) is 1.56. The molecule has 0 amide bonds. The Bertz CT molecular complexity index is 586. The normalized spacial score (nSPS) is 12.3. The molecule has 0 bridgehead atoms. The minimum absolute atomic E-state index is 0.380. The van der Waals surface area contributed by atoms with Crippen LogP contribution in [-0.2, 0) is 10.5 Å². The van der Waals surface area contributed by atoms with Crippen molar-refractivity contribution in [2.45, 2.75) is 24.3 Å². The Labute approximate surface area is 125 Å². The molecule has 7 heteroatoms. The molecule has 0 aliphatic heterocycles. The SMILES string of the molecule is CCC(SCc1nnc(-c2ccc(Cl)cc2)o1)C(=O)O. The Hall–Kier alpha value is -1.53.